The third-order valence-electron chi connectivity index (χ3n) is 6.25. The summed E-state index contributed by atoms with van der Waals surface area (Å²) in [7, 11) is 1.73. The zero-order valence-electron chi connectivity index (χ0n) is 17.3. The van der Waals surface area contributed by atoms with Crippen LogP contribution in [0.5, 0.6) is 5.75 Å². The number of piperidine rings is 1. The molecule has 7 heteroatoms. The smallest absolute Gasteiger partial charge is 0.345 e. The maximum Gasteiger partial charge on any atom is 0.345 e. The Morgan fingerprint density at radius 1 is 1.10 bits per heavy atom. The molecule has 29 heavy (non-hydrogen) atoms. The molecule has 1 saturated heterocycles. The fraction of sp³-hybridized carbons (Fsp3) is 0.591. The molecule has 7 nitrogen and oxygen atoms in total. The van der Waals surface area contributed by atoms with Crippen molar-refractivity contribution in [3.63, 3.8) is 0 Å². The molecule has 1 aromatic carbocycles. The monoisotopic (exact) mass is 398 g/mol. The first-order valence-corrected chi connectivity index (χ1v) is 10.7. The first kappa shape index (κ1) is 19.7. The van der Waals surface area contributed by atoms with Crippen molar-refractivity contribution >= 4 is 5.91 Å². The molecule has 1 atom stereocenters. The lowest BCUT2D eigenvalue weighted by Crippen LogP contribution is -2.44. The summed E-state index contributed by atoms with van der Waals surface area (Å²) >= 11 is 0. The molecule has 2 heterocycles. The highest BCUT2D eigenvalue weighted by molar-refractivity contribution is 5.81. The molecule has 2 aliphatic rings. The standard InChI is InChI=1S/C22H30N4O3/c1-16(29-19-10-4-3-5-11-19)21(27)25-14-12-17(13-15-25)20-23-24(2)22(28)26(20)18-8-6-7-9-18/h3-5,10-11,16-18H,6-9,12-15H2,1-2H3. The summed E-state index contributed by atoms with van der Waals surface area (Å²) in [6.07, 6.45) is 5.62. The molecule has 0 N–H and O–H groups in total. The van der Waals surface area contributed by atoms with Gasteiger partial charge in [0, 0.05) is 32.1 Å². The molecule has 2 aromatic rings. The average Bonchev–Trinajstić information content (AvgIpc) is 3.37. The Morgan fingerprint density at radius 3 is 2.41 bits per heavy atom. The van der Waals surface area contributed by atoms with E-state index in [0.717, 1.165) is 31.5 Å². The number of carbonyl (C=O) groups is 1. The van der Waals surface area contributed by atoms with Crippen LogP contribution in [0, 0.1) is 0 Å². The van der Waals surface area contributed by atoms with Crippen LogP contribution in [0.25, 0.3) is 0 Å². The van der Waals surface area contributed by atoms with Gasteiger partial charge in [-0.3, -0.25) is 9.36 Å². The molecule has 1 saturated carbocycles. The van der Waals surface area contributed by atoms with E-state index in [0.29, 0.717) is 18.8 Å². The molecule has 1 amide bonds. The number of hydrogen-bond donors (Lipinski definition) is 0. The fourth-order valence-corrected chi connectivity index (χ4v) is 4.65. The van der Waals surface area contributed by atoms with Gasteiger partial charge in [-0.25, -0.2) is 9.48 Å². The van der Waals surface area contributed by atoms with Gasteiger partial charge in [-0.1, -0.05) is 31.0 Å². The van der Waals surface area contributed by atoms with Gasteiger partial charge in [-0.05, 0) is 44.7 Å². The summed E-state index contributed by atoms with van der Waals surface area (Å²) in [6.45, 7) is 3.14. The van der Waals surface area contributed by atoms with Gasteiger partial charge in [-0.2, -0.15) is 5.10 Å². The van der Waals surface area contributed by atoms with Crippen LogP contribution in [0.1, 0.15) is 63.2 Å². The van der Waals surface area contributed by atoms with Crippen molar-refractivity contribution in [3.05, 3.63) is 46.6 Å². The number of nitrogens with zero attached hydrogens (tertiary/aromatic N) is 4. The number of rotatable bonds is 5. The number of hydrogen-bond acceptors (Lipinski definition) is 4. The van der Waals surface area contributed by atoms with Gasteiger partial charge < -0.3 is 9.64 Å². The van der Waals surface area contributed by atoms with Crippen molar-refractivity contribution in [2.75, 3.05) is 13.1 Å². The SMILES string of the molecule is CC(Oc1ccccc1)C(=O)N1CCC(c2nn(C)c(=O)n2C2CCCC2)CC1. The number of amides is 1. The van der Waals surface area contributed by atoms with E-state index in [1.54, 1.807) is 14.0 Å². The number of aromatic nitrogens is 3. The van der Waals surface area contributed by atoms with Crippen molar-refractivity contribution in [3.8, 4) is 5.75 Å². The van der Waals surface area contributed by atoms with Crippen LogP contribution in [0.2, 0.25) is 0 Å². The largest absolute Gasteiger partial charge is 0.481 e. The van der Waals surface area contributed by atoms with Gasteiger partial charge in [-0.15, -0.1) is 0 Å². The molecular weight excluding hydrogens is 368 g/mol. The second-order valence-electron chi connectivity index (χ2n) is 8.25. The van der Waals surface area contributed by atoms with E-state index in [9.17, 15) is 9.59 Å². The van der Waals surface area contributed by atoms with E-state index in [2.05, 4.69) is 5.10 Å². The topological polar surface area (TPSA) is 69.4 Å². The van der Waals surface area contributed by atoms with Gasteiger partial charge in [0.25, 0.3) is 5.91 Å². The predicted octanol–water partition coefficient (Wildman–Crippen LogP) is 2.87. The Labute approximate surface area is 171 Å². The summed E-state index contributed by atoms with van der Waals surface area (Å²) in [5.41, 5.74) is -0.00436. The fourth-order valence-electron chi connectivity index (χ4n) is 4.65. The van der Waals surface area contributed by atoms with Gasteiger partial charge in [0.1, 0.15) is 11.6 Å². The lowest BCUT2D eigenvalue weighted by Gasteiger charge is -2.33. The van der Waals surface area contributed by atoms with Gasteiger partial charge in [0.05, 0.1) is 0 Å². The van der Waals surface area contributed by atoms with E-state index in [1.807, 2.05) is 39.8 Å². The first-order valence-electron chi connectivity index (χ1n) is 10.7. The Morgan fingerprint density at radius 2 is 1.76 bits per heavy atom. The third kappa shape index (κ3) is 4.09. The minimum Gasteiger partial charge on any atom is -0.481 e. The molecule has 1 aliphatic heterocycles. The number of benzene rings is 1. The number of para-hydroxylation sites is 1. The molecular formula is C22H30N4O3. The van der Waals surface area contributed by atoms with Crippen LogP contribution >= 0.6 is 0 Å². The van der Waals surface area contributed by atoms with Gasteiger partial charge in [0.15, 0.2) is 6.10 Å². The molecule has 0 spiro atoms. The highest BCUT2D eigenvalue weighted by Gasteiger charge is 2.32. The van der Waals surface area contributed by atoms with Crippen molar-refractivity contribution in [1.82, 2.24) is 19.2 Å². The normalized spacial score (nSPS) is 19.4. The quantitative estimate of drug-likeness (QED) is 0.777. The van der Waals surface area contributed by atoms with Crippen LogP contribution in [0.4, 0.5) is 0 Å². The number of likely N-dealkylation sites (tertiary alicyclic amines) is 1. The second kappa shape index (κ2) is 8.43. The predicted molar refractivity (Wildman–Crippen MR) is 110 cm³/mol. The zero-order valence-corrected chi connectivity index (χ0v) is 17.3. The lowest BCUT2D eigenvalue weighted by molar-refractivity contribution is -0.139. The summed E-state index contributed by atoms with van der Waals surface area (Å²) in [5, 5.41) is 4.58. The van der Waals surface area contributed by atoms with E-state index in [-0.39, 0.29) is 23.6 Å². The zero-order chi connectivity index (χ0) is 20.4. The van der Waals surface area contributed by atoms with Crippen LogP contribution in [-0.4, -0.2) is 44.3 Å². The highest BCUT2D eigenvalue weighted by Crippen LogP contribution is 2.33. The Hall–Kier alpha value is -2.57. The molecule has 4 rings (SSSR count). The molecule has 0 bridgehead atoms. The van der Waals surface area contributed by atoms with Crippen molar-refractivity contribution < 1.29 is 9.53 Å². The van der Waals surface area contributed by atoms with E-state index in [1.165, 1.54) is 17.5 Å². The third-order valence-corrected chi connectivity index (χ3v) is 6.25. The van der Waals surface area contributed by atoms with E-state index in [4.69, 9.17) is 4.74 Å². The number of aryl methyl sites for hydroxylation is 1. The summed E-state index contributed by atoms with van der Waals surface area (Å²) in [6, 6.07) is 9.72. The highest BCUT2D eigenvalue weighted by atomic mass is 16.5. The van der Waals surface area contributed by atoms with Crippen LogP contribution in [-0.2, 0) is 11.8 Å². The van der Waals surface area contributed by atoms with Gasteiger partial charge in [0.2, 0.25) is 0 Å². The minimum atomic E-state index is -0.513. The molecule has 2 fully saturated rings. The minimum absolute atomic E-state index is 0.00436. The Bertz CT molecular complexity index is 891. The summed E-state index contributed by atoms with van der Waals surface area (Å²) < 4.78 is 9.21. The van der Waals surface area contributed by atoms with E-state index >= 15 is 0 Å². The summed E-state index contributed by atoms with van der Waals surface area (Å²) in [4.78, 5) is 27.3. The van der Waals surface area contributed by atoms with Crippen molar-refractivity contribution in [1.29, 1.82) is 0 Å². The maximum absolute atomic E-state index is 12.8. The van der Waals surface area contributed by atoms with Crippen LogP contribution in [0.3, 0.4) is 0 Å². The first-order chi connectivity index (χ1) is 14.0. The molecule has 156 valence electrons. The van der Waals surface area contributed by atoms with E-state index < -0.39 is 6.10 Å². The number of ether oxygens (including phenoxy) is 1. The molecule has 1 aliphatic carbocycles. The van der Waals surface area contributed by atoms with Crippen LogP contribution in [0.15, 0.2) is 35.1 Å². The summed E-state index contributed by atoms with van der Waals surface area (Å²) in [5.74, 6) is 1.85. The van der Waals surface area contributed by atoms with Crippen LogP contribution < -0.4 is 10.4 Å². The lowest BCUT2D eigenvalue weighted by atomic mass is 9.95. The Kier molecular flexibility index (Phi) is 5.74. The Balaban J connectivity index is 1.40. The molecule has 0 radical (unpaired) electrons. The van der Waals surface area contributed by atoms with Gasteiger partial charge >= 0.3 is 5.69 Å². The maximum atomic E-state index is 12.8. The van der Waals surface area contributed by atoms with Crippen molar-refractivity contribution in [2.45, 2.75) is 63.5 Å². The number of carbonyl (C=O) groups excluding carboxylic acids is 1. The average molecular weight is 399 g/mol. The molecule has 1 unspecified atom stereocenters. The second-order valence-corrected chi connectivity index (χ2v) is 8.25. The van der Waals surface area contributed by atoms with Crippen molar-refractivity contribution in [2.24, 2.45) is 7.05 Å². The molecule has 1 aromatic heterocycles.